The van der Waals surface area contributed by atoms with Crippen LogP contribution in [0.15, 0.2) is 24.3 Å². The second kappa shape index (κ2) is 8.27. The summed E-state index contributed by atoms with van der Waals surface area (Å²) in [6.07, 6.45) is 0.686. The topological polar surface area (TPSA) is 78.5 Å². The van der Waals surface area contributed by atoms with Crippen molar-refractivity contribution in [1.82, 2.24) is 20.0 Å². The highest BCUT2D eigenvalue weighted by Gasteiger charge is 2.28. The first-order chi connectivity index (χ1) is 13.7. The van der Waals surface area contributed by atoms with Crippen molar-refractivity contribution in [2.24, 2.45) is 0 Å². The number of carbonyl (C=O) groups excluding carboxylic acids is 2. The van der Waals surface area contributed by atoms with Gasteiger partial charge in [-0.15, -0.1) is 0 Å². The number of hydrogen-bond donors (Lipinski definition) is 1. The van der Waals surface area contributed by atoms with Crippen LogP contribution in [0.5, 0.6) is 5.75 Å². The number of ether oxygens (including phenoxy) is 1. The molecule has 2 amide bonds. The molecule has 0 fully saturated rings. The molecule has 0 radical (unpaired) electrons. The van der Waals surface area contributed by atoms with E-state index >= 15 is 0 Å². The number of rotatable bonds is 5. The van der Waals surface area contributed by atoms with Crippen molar-refractivity contribution >= 4 is 11.8 Å². The van der Waals surface area contributed by atoms with Crippen molar-refractivity contribution in [3.63, 3.8) is 0 Å². The van der Waals surface area contributed by atoms with Gasteiger partial charge in [0.05, 0.1) is 6.54 Å². The van der Waals surface area contributed by atoms with E-state index in [0.717, 1.165) is 22.6 Å². The van der Waals surface area contributed by atoms with E-state index in [-0.39, 0.29) is 17.2 Å². The number of para-hydroxylation sites is 1. The van der Waals surface area contributed by atoms with Crippen molar-refractivity contribution < 1.29 is 14.3 Å². The van der Waals surface area contributed by atoms with Gasteiger partial charge in [-0.2, -0.15) is 5.10 Å². The fourth-order valence-electron chi connectivity index (χ4n) is 3.53. The Kier molecular flexibility index (Phi) is 5.96. The highest BCUT2D eigenvalue weighted by Crippen LogP contribution is 2.30. The minimum absolute atomic E-state index is 0.00881. The van der Waals surface area contributed by atoms with Crippen LogP contribution in [0.4, 0.5) is 0 Å². The number of likely N-dealkylation sites (N-methyl/N-ethyl adjacent to an activating group) is 1. The number of H-pyrrole nitrogens is 1. The summed E-state index contributed by atoms with van der Waals surface area (Å²) in [4.78, 5) is 28.0. The molecule has 2 aromatic rings. The monoisotopic (exact) mass is 398 g/mol. The molecule has 0 bridgehead atoms. The summed E-state index contributed by atoms with van der Waals surface area (Å²) in [6.45, 7) is 9.89. The van der Waals surface area contributed by atoms with Crippen molar-refractivity contribution in [3.8, 4) is 5.75 Å². The molecule has 0 aliphatic carbocycles. The van der Waals surface area contributed by atoms with Crippen LogP contribution in [0.1, 0.15) is 55.0 Å². The number of benzene rings is 1. The number of nitrogens with one attached hydrogen (secondary N) is 1. The molecule has 0 saturated heterocycles. The molecule has 1 aliphatic heterocycles. The Hall–Kier alpha value is -2.83. The van der Waals surface area contributed by atoms with E-state index in [9.17, 15) is 9.59 Å². The van der Waals surface area contributed by atoms with Crippen LogP contribution < -0.4 is 4.74 Å². The van der Waals surface area contributed by atoms with E-state index in [1.165, 1.54) is 0 Å². The molecule has 0 unspecified atom stereocenters. The molecule has 1 aliphatic rings. The molecule has 1 aromatic heterocycles. The van der Waals surface area contributed by atoms with Crippen molar-refractivity contribution in [3.05, 3.63) is 46.8 Å². The van der Waals surface area contributed by atoms with Gasteiger partial charge in [-0.1, -0.05) is 39.0 Å². The zero-order chi connectivity index (χ0) is 21.2. The van der Waals surface area contributed by atoms with Gasteiger partial charge in [0.25, 0.3) is 5.91 Å². The fourth-order valence-corrected chi connectivity index (χ4v) is 3.53. The molecular formula is C22H30N4O3. The number of aromatic nitrogens is 2. The van der Waals surface area contributed by atoms with E-state index in [0.29, 0.717) is 38.4 Å². The van der Waals surface area contributed by atoms with Crippen LogP contribution in [0, 0.1) is 0 Å². The largest absolute Gasteiger partial charge is 0.491 e. The maximum atomic E-state index is 12.9. The standard InChI is InChI=1S/C22H30N4O3/c1-15(27)26-11-10-18-16(14-26)20(24-23-18)21(28)25(5)12-13-29-19-9-7-6-8-17(19)22(2,3)4/h6-9H,10-14H2,1-5H3,(H,23,24). The first-order valence-electron chi connectivity index (χ1n) is 9.98. The number of nitrogens with zero attached hydrogens (tertiary/aromatic N) is 3. The van der Waals surface area contributed by atoms with Crippen LogP contribution in [-0.2, 0) is 23.2 Å². The Morgan fingerprint density at radius 3 is 2.69 bits per heavy atom. The zero-order valence-corrected chi connectivity index (χ0v) is 17.9. The Morgan fingerprint density at radius 2 is 2.00 bits per heavy atom. The van der Waals surface area contributed by atoms with Crippen molar-refractivity contribution in [2.45, 2.75) is 46.1 Å². The fraction of sp³-hybridized carbons (Fsp3) is 0.500. The molecule has 0 atom stereocenters. The summed E-state index contributed by atoms with van der Waals surface area (Å²) in [6, 6.07) is 7.99. The molecular weight excluding hydrogens is 368 g/mol. The van der Waals surface area contributed by atoms with Gasteiger partial charge in [0.2, 0.25) is 5.91 Å². The Balaban J connectivity index is 1.63. The minimum Gasteiger partial charge on any atom is -0.491 e. The third-order valence-corrected chi connectivity index (χ3v) is 5.31. The minimum atomic E-state index is -0.166. The third kappa shape index (κ3) is 4.60. The molecule has 1 N–H and O–H groups in total. The summed E-state index contributed by atoms with van der Waals surface area (Å²) in [5, 5.41) is 7.19. The molecule has 1 aromatic carbocycles. The van der Waals surface area contributed by atoms with Gasteiger partial charge < -0.3 is 14.5 Å². The number of amides is 2. The smallest absolute Gasteiger partial charge is 0.274 e. The lowest BCUT2D eigenvalue weighted by molar-refractivity contribution is -0.129. The molecule has 0 spiro atoms. The van der Waals surface area contributed by atoms with Gasteiger partial charge in [0.1, 0.15) is 12.4 Å². The highest BCUT2D eigenvalue weighted by atomic mass is 16.5. The second-order valence-electron chi connectivity index (χ2n) is 8.54. The van der Waals surface area contributed by atoms with Gasteiger partial charge in [-0.3, -0.25) is 14.7 Å². The molecule has 3 rings (SSSR count). The van der Waals surface area contributed by atoms with Gasteiger partial charge in [-0.05, 0) is 17.0 Å². The highest BCUT2D eigenvalue weighted by molar-refractivity contribution is 5.94. The zero-order valence-electron chi connectivity index (χ0n) is 17.9. The summed E-state index contributed by atoms with van der Waals surface area (Å²) in [5.41, 5.74) is 3.27. The lowest BCUT2D eigenvalue weighted by Crippen LogP contribution is -2.36. The second-order valence-corrected chi connectivity index (χ2v) is 8.54. The molecule has 0 saturated carbocycles. The quantitative estimate of drug-likeness (QED) is 0.840. The van der Waals surface area contributed by atoms with E-state index < -0.39 is 0 Å². The van der Waals surface area contributed by atoms with E-state index in [1.54, 1.807) is 23.8 Å². The predicted molar refractivity (Wildman–Crippen MR) is 111 cm³/mol. The van der Waals surface area contributed by atoms with Gasteiger partial charge >= 0.3 is 0 Å². The lowest BCUT2D eigenvalue weighted by Gasteiger charge is -2.26. The van der Waals surface area contributed by atoms with Crippen molar-refractivity contribution in [1.29, 1.82) is 0 Å². The summed E-state index contributed by atoms with van der Waals surface area (Å²) >= 11 is 0. The Bertz CT molecular complexity index is 898. The first kappa shape index (κ1) is 20.9. The van der Waals surface area contributed by atoms with E-state index in [4.69, 9.17) is 4.74 Å². The van der Waals surface area contributed by atoms with Crippen LogP contribution in [0.3, 0.4) is 0 Å². The number of hydrogen-bond acceptors (Lipinski definition) is 4. The normalized spacial score (nSPS) is 13.8. The number of carbonyl (C=O) groups is 2. The Labute approximate surface area is 172 Å². The Morgan fingerprint density at radius 1 is 1.28 bits per heavy atom. The SMILES string of the molecule is CC(=O)N1CCc2[nH]nc(C(=O)N(C)CCOc3ccccc3C(C)(C)C)c2C1. The van der Waals surface area contributed by atoms with Gasteiger partial charge in [0, 0.05) is 44.7 Å². The van der Waals surface area contributed by atoms with E-state index in [2.05, 4.69) is 37.0 Å². The molecule has 7 heteroatoms. The van der Waals surface area contributed by atoms with Crippen LogP contribution in [0.25, 0.3) is 0 Å². The average molecular weight is 399 g/mol. The summed E-state index contributed by atoms with van der Waals surface area (Å²) in [7, 11) is 1.74. The van der Waals surface area contributed by atoms with Crippen LogP contribution >= 0.6 is 0 Å². The molecule has 29 heavy (non-hydrogen) atoms. The third-order valence-electron chi connectivity index (χ3n) is 5.31. The van der Waals surface area contributed by atoms with Crippen molar-refractivity contribution in [2.75, 3.05) is 26.7 Å². The number of fused-ring (bicyclic) bond motifs is 1. The van der Waals surface area contributed by atoms with E-state index in [1.807, 2.05) is 18.2 Å². The predicted octanol–water partition coefficient (Wildman–Crippen LogP) is 2.76. The first-order valence-corrected chi connectivity index (χ1v) is 9.98. The summed E-state index contributed by atoms with van der Waals surface area (Å²) < 4.78 is 5.99. The van der Waals surface area contributed by atoms with Gasteiger partial charge in [-0.25, -0.2) is 0 Å². The van der Waals surface area contributed by atoms with Crippen LogP contribution in [-0.4, -0.2) is 58.6 Å². The maximum Gasteiger partial charge on any atom is 0.274 e. The molecule has 2 heterocycles. The van der Waals surface area contributed by atoms with Gasteiger partial charge in [0.15, 0.2) is 5.69 Å². The average Bonchev–Trinajstić information content (AvgIpc) is 3.10. The van der Waals surface area contributed by atoms with Crippen LogP contribution in [0.2, 0.25) is 0 Å². The summed E-state index contributed by atoms with van der Waals surface area (Å²) in [5.74, 6) is 0.685. The lowest BCUT2D eigenvalue weighted by atomic mass is 9.86. The molecule has 7 nitrogen and oxygen atoms in total. The maximum absolute atomic E-state index is 12.9. The number of aromatic amines is 1. The molecule has 156 valence electrons.